The van der Waals surface area contributed by atoms with Crippen molar-refractivity contribution in [3.63, 3.8) is 0 Å². The average Bonchev–Trinajstić information content (AvgIpc) is 3.50. The molecule has 6 nitrogen and oxygen atoms in total. The minimum Gasteiger partial charge on any atom is -0.508 e. The first-order valence-corrected chi connectivity index (χ1v) is 11.6. The molecule has 0 aliphatic carbocycles. The minimum atomic E-state index is 0. The SMILES string of the molecule is CC(C)c1nc2c3[c-]c1Oc1[c-]c(ccc1)N1C=CN([CH-]1)CCc1cn(c4ccccc24)c3n1.[Pt]. The molecule has 0 amide bonds. The number of imidazole rings is 1. The molecule has 2 aliphatic heterocycles. The van der Waals surface area contributed by atoms with E-state index in [-0.39, 0.29) is 27.0 Å². The van der Waals surface area contributed by atoms with Crippen LogP contribution in [0.3, 0.4) is 0 Å². The van der Waals surface area contributed by atoms with Crippen LogP contribution in [0.15, 0.2) is 61.1 Å². The van der Waals surface area contributed by atoms with Crippen molar-refractivity contribution >= 4 is 33.1 Å². The van der Waals surface area contributed by atoms with E-state index in [0.29, 0.717) is 11.5 Å². The van der Waals surface area contributed by atoms with Crippen LogP contribution in [-0.4, -0.2) is 25.8 Å². The standard InChI is InChI=1S/C28H22N5O.Pt/c1-18(2)26-25-15-23-27(30-26)22-8-3-4-9-24(22)33-16-19(29-28(23)33)10-11-31-12-13-32(17-31)20-6-5-7-21(14-20)34-25;/h3-9,12-13,16-18H,10-11H2,1-2H3;/q-3;. The first kappa shape index (κ1) is 22.1. The molecule has 0 spiro atoms. The van der Waals surface area contributed by atoms with Gasteiger partial charge in [0.25, 0.3) is 0 Å². The molecule has 8 bridgehead atoms. The van der Waals surface area contributed by atoms with Crippen LogP contribution in [-0.2, 0) is 27.5 Å². The average molecular weight is 640 g/mol. The number of fused-ring (bicyclic) bond motifs is 10. The van der Waals surface area contributed by atoms with Crippen molar-refractivity contribution in [2.45, 2.75) is 26.2 Å². The molecule has 0 radical (unpaired) electrons. The van der Waals surface area contributed by atoms with Gasteiger partial charge in [0.05, 0.1) is 11.4 Å². The fourth-order valence-electron chi connectivity index (χ4n) is 4.75. The predicted octanol–water partition coefficient (Wildman–Crippen LogP) is 5.82. The summed E-state index contributed by atoms with van der Waals surface area (Å²) in [5, 5.41) is 1.95. The Morgan fingerprint density at radius 2 is 1.91 bits per heavy atom. The van der Waals surface area contributed by atoms with E-state index >= 15 is 0 Å². The maximum atomic E-state index is 6.40. The molecular formula is C28H22N5OPt-3. The van der Waals surface area contributed by atoms with Crippen LogP contribution >= 0.6 is 0 Å². The molecule has 0 unspecified atom stereocenters. The van der Waals surface area contributed by atoms with Crippen LogP contribution in [0.4, 0.5) is 5.69 Å². The molecule has 2 aliphatic rings. The number of aromatic nitrogens is 3. The van der Waals surface area contributed by atoms with E-state index in [1.807, 2.05) is 24.4 Å². The van der Waals surface area contributed by atoms with Crippen LogP contribution in [0.2, 0.25) is 0 Å². The smallest absolute Gasteiger partial charge is 0.0634 e. The van der Waals surface area contributed by atoms with Crippen molar-refractivity contribution in [2.75, 3.05) is 11.4 Å². The Bertz CT molecular complexity index is 1620. The van der Waals surface area contributed by atoms with Crippen molar-refractivity contribution < 1.29 is 25.8 Å². The van der Waals surface area contributed by atoms with Gasteiger partial charge in [-0.2, -0.15) is 12.7 Å². The zero-order valence-corrected chi connectivity index (χ0v) is 21.6. The molecule has 5 aromatic rings. The summed E-state index contributed by atoms with van der Waals surface area (Å²) in [6.45, 7) is 7.16. The third-order valence-corrected chi connectivity index (χ3v) is 6.45. The molecule has 5 heterocycles. The van der Waals surface area contributed by atoms with Gasteiger partial charge in [-0.25, -0.2) is 0 Å². The third-order valence-electron chi connectivity index (χ3n) is 6.45. The number of hydrogen-bond acceptors (Lipinski definition) is 5. The fourth-order valence-corrected chi connectivity index (χ4v) is 4.75. The van der Waals surface area contributed by atoms with E-state index in [1.165, 1.54) is 0 Å². The normalized spacial score (nSPS) is 14.8. The van der Waals surface area contributed by atoms with Gasteiger partial charge in [-0.05, 0) is 41.8 Å². The van der Waals surface area contributed by atoms with E-state index < -0.39 is 0 Å². The van der Waals surface area contributed by atoms with Gasteiger partial charge in [-0.3, -0.25) is 4.98 Å². The summed E-state index contributed by atoms with van der Waals surface area (Å²) in [7, 11) is 0. The summed E-state index contributed by atoms with van der Waals surface area (Å²) in [6.07, 6.45) is 7.07. The Labute approximate surface area is 218 Å². The monoisotopic (exact) mass is 639 g/mol. The molecule has 0 atom stereocenters. The van der Waals surface area contributed by atoms with Gasteiger partial charge < -0.3 is 23.9 Å². The molecule has 3 aromatic heterocycles. The summed E-state index contributed by atoms with van der Waals surface area (Å²) in [6, 6.07) is 21.3. The van der Waals surface area contributed by atoms with Gasteiger partial charge in [0.1, 0.15) is 0 Å². The fraction of sp³-hybridized carbons (Fsp3) is 0.179. The topological polar surface area (TPSA) is 45.9 Å². The Morgan fingerprint density at radius 3 is 2.80 bits per heavy atom. The molecule has 178 valence electrons. The molecule has 35 heavy (non-hydrogen) atoms. The second-order valence-electron chi connectivity index (χ2n) is 9.08. The number of rotatable bonds is 1. The number of ether oxygens (including phenoxy) is 1. The van der Waals surface area contributed by atoms with Gasteiger partial charge in [-0.15, -0.1) is 23.9 Å². The summed E-state index contributed by atoms with van der Waals surface area (Å²) in [5.41, 5.74) is 5.67. The molecule has 7 heteroatoms. The van der Waals surface area contributed by atoms with Gasteiger partial charge >= 0.3 is 0 Å². The number of pyridine rings is 2. The number of benzene rings is 2. The van der Waals surface area contributed by atoms with Gasteiger partial charge in [0, 0.05) is 56.3 Å². The maximum Gasteiger partial charge on any atom is 0.0634 e. The number of para-hydroxylation sites is 1. The van der Waals surface area contributed by atoms with Crippen LogP contribution in [0.1, 0.15) is 31.2 Å². The molecule has 0 fully saturated rings. The quantitative estimate of drug-likeness (QED) is 0.171. The Balaban J connectivity index is 0.00000229. The molecular weight excluding hydrogens is 617 g/mol. The first-order valence-electron chi connectivity index (χ1n) is 11.6. The zero-order valence-electron chi connectivity index (χ0n) is 19.3. The third kappa shape index (κ3) is 3.59. The van der Waals surface area contributed by atoms with Gasteiger partial charge in [-0.1, -0.05) is 43.5 Å². The van der Waals surface area contributed by atoms with Crippen LogP contribution in [0.25, 0.3) is 27.5 Å². The van der Waals surface area contributed by atoms with E-state index in [2.05, 4.69) is 83.5 Å². The summed E-state index contributed by atoms with van der Waals surface area (Å²) in [5.74, 6) is 1.41. The van der Waals surface area contributed by atoms with Crippen LogP contribution in [0, 0.1) is 18.8 Å². The second-order valence-corrected chi connectivity index (χ2v) is 9.08. The number of nitrogens with zero attached hydrogens (tertiary/aromatic N) is 5. The Kier molecular flexibility index (Phi) is 5.30. The first-order chi connectivity index (χ1) is 16.6. The van der Waals surface area contributed by atoms with E-state index in [9.17, 15) is 0 Å². The van der Waals surface area contributed by atoms with Crippen molar-refractivity contribution in [3.8, 4) is 11.5 Å². The minimum absolute atomic E-state index is 0. The van der Waals surface area contributed by atoms with Gasteiger partial charge in [0.2, 0.25) is 0 Å². The molecule has 0 saturated carbocycles. The summed E-state index contributed by atoms with van der Waals surface area (Å²) < 4.78 is 8.57. The van der Waals surface area contributed by atoms with Crippen molar-refractivity contribution in [1.29, 1.82) is 0 Å². The number of hydrogen-bond donors (Lipinski definition) is 0. The van der Waals surface area contributed by atoms with E-state index in [4.69, 9.17) is 14.7 Å². The molecule has 2 aromatic carbocycles. The predicted molar refractivity (Wildman–Crippen MR) is 133 cm³/mol. The molecule has 0 saturated heterocycles. The van der Waals surface area contributed by atoms with Crippen LogP contribution < -0.4 is 9.64 Å². The molecule has 7 rings (SSSR count). The van der Waals surface area contributed by atoms with Crippen molar-refractivity contribution in [1.82, 2.24) is 19.3 Å². The largest absolute Gasteiger partial charge is 0.508 e. The van der Waals surface area contributed by atoms with E-state index in [0.717, 1.165) is 57.5 Å². The second kappa shape index (κ2) is 8.38. The molecule has 0 N–H and O–H groups in total. The summed E-state index contributed by atoms with van der Waals surface area (Å²) >= 11 is 0. The van der Waals surface area contributed by atoms with Crippen molar-refractivity contribution in [2.24, 2.45) is 0 Å². The van der Waals surface area contributed by atoms with Gasteiger partial charge in [0.15, 0.2) is 0 Å². The Morgan fingerprint density at radius 1 is 1.03 bits per heavy atom. The summed E-state index contributed by atoms with van der Waals surface area (Å²) in [4.78, 5) is 14.4. The van der Waals surface area contributed by atoms with Crippen LogP contribution in [0.5, 0.6) is 11.5 Å². The maximum absolute atomic E-state index is 6.40. The van der Waals surface area contributed by atoms with Crippen molar-refractivity contribution in [3.05, 3.63) is 91.3 Å². The Hall–Kier alpha value is -3.37. The zero-order chi connectivity index (χ0) is 22.8. The number of anilines is 1. The van der Waals surface area contributed by atoms with E-state index in [1.54, 1.807) is 0 Å².